The zero-order valence-corrected chi connectivity index (χ0v) is 10.8. The summed E-state index contributed by atoms with van der Waals surface area (Å²) in [4.78, 5) is 22.6. The Balaban J connectivity index is 2.16. The third-order valence-corrected chi connectivity index (χ3v) is 3.27. The van der Waals surface area contributed by atoms with Crippen molar-refractivity contribution >= 4 is 11.6 Å². The van der Waals surface area contributed by atoms with Gasteiger partial charge in [0.2, 0.25) is 0 Å². The maximum atomic E-state index is 12.1. The number of rotatable bonds is 3. The zero-order chi connectivity index (χ0) is 13.8. The molecule has 0 saturated carbocycles. The average Bonchev–Trinajstić information content (AvgIpc) is 2.39. The Labute approximate surface area is 111 Å². The summed E-state index contributed by atoms with van der Waals surface area (Å²) < 4.78 is 0. The Morgan fingerprint density at radius 1 is 1.42 bits per heavy atom. The maximum absolute atomic E-state index is 12.1. The van der Waals surface area contributed by atoms with Gasteiger partial charge in [0, 0.05) is 12.1 Å². The lowest BCUT2D eigenvalue weighted by Gasteiger charge is -2.23. The second-order valence-electron chi connectivity index (χ2n) is 4.78. The Morgan fingerprint density at radius 3 is 2.74 bits per heavy atom. The lowest BCUT2D eigenvalue weighted by molar-refractivity contribution is -0.385. The minimum absolute atomic E-state index is 0.0923. The van der Waals surface area contributed by atoms with Crippen LogP contribution in [-0.4, -0.2) is 30.0 Å². The summed E-state index contributed by atoms with van der Waals surface area (Å²) >= 11 is 0. The van der Waals surface area contributed by atoms with Gasteiger partial charge in [-0.25, -0.2) is 0 Å². The molecule has 0 spiro atoms. The fraction of sp³-hybridized carbons (Fsp3) is 0.462. The number of amides is 1. The first kappa shape index (κ1) is 13.5. The molecule has 1 aliphatic heterocycles. The van der Waals surface area contributed by atoms with Crippen LogP contribution in [0.2, 0.25) is 0 Å². The molecule has 1 aromatic rings. The monoisotopic (exact) mass is 263 g/mol. The second kappa shape index (κ2) is 5.79. The van der Waals surface area contributed by atoms with Crippen LogP contribution in [0.5, 0.6) is 0 Å². The van der Waals surface area contributed by atoms with E-state index in [1.54, 1.807) is 13.0 Å². The molecule has 2 rings (SSSR count). The van der Waals surface area contributed by atoms with E-state index in [1.165, 1.54) is 12.1 Å². The van der Waals surface area contributed by atoms with E-state index in [9.17, 15) is 14.9 Å². The predicted molar refractivity (Wildman–Crippen MR) is 71.2 cm³/mol. The SMILES string of the molecule is Cc1ccc(C(=O)NC2CCNCC2)c([N+](=O)[O-])c1. The number of carbonyl (C=O) groups is 1. The van der Waals surface area contributed by atoms with Gasteiger partial charge >= 0.3 is 0 Å². The standard InChI is InChI=1S/C13H17N3O3/c1-9-2-3-11(12(8-9)16(18)19)13(17)15-10-4-6-14-7-5-10/h2-3,8,10,14H,4-7H2,1H3,(H,15,17). The number of nitrogens with one attached hydrogen (secondary N) is 2. The first-order chi connectivity index (χ1) is 9.08. The first-order valence-corrected chi connectivity index (χ1v) is 6.34. The molecule has 1 heterocycles. The summed E-state index contributed by atoms with van der Waals surface area (Å²) in [7, 11) is 0. The molecule has 1 fully saturated rings. The number of benzene rings is 1. The van der Waals surface area contributed by atoms with Crippen LogP contribution in [0.3, 0.4) is 0 Å². The van der Waals surface area contributed by atoms with Crippen molar-refractivity contribution in [2.45, 2.75) is 25.8 Å². The predicted octanol–water partition coefficient (Wildman–Crippen LogP) is 1.39. The fourth-order valence-electron chi connectivity index (χ4n) is 2.21. The van der Waals surface area contributed by atoms with Crippen LogP contribution in [0.25, 0.3) is 0 Å². The lowest BCUT2D eigenvalue weighted by Crippen LogP contribution is -2.42. The van der Waals surface area contributed by atoms with Gasteiger partial charge < -0.3 is 10.6 Å². The molecule has 2 N–H and O–H groups in total. The van der Waals surface area contributed by atoms with Crippen LogP contribution in [0, 0.1) is 17.0 Å². The Bertz CT molecular complexity index is 496. The third-order valence-electron chi connectivity index (χ3n) is 3.27. The van der Waals surface area contributed by atoms with Crippen molar-refractivity contribution in [3.8, 4) is 0 Å². The second-order valence-corrected chi connectivity index (χ2v) is 4.78. The minimum atomic E-state index is -0.510. The van der Waals surface area contributed by atoms with Gasteiger partial charge in [-0.3, -0.25) is 14.9 Å². The van der Waals surface area contributed by atoms with Crippen molar-refractivity contribution in [3.63, 3.8) is 0 Å². The molecule has 1 saturated heterocycles. The van der Waals surface area contributed by atoms with E-state index in [-0.39, 0.29) is 23.2 Å². The quantitative estimate of drug-likeness (QED) is 0.637. The molecule has 1 amide bonds. The minimum Gasteiger partial charge on any atom is -0.349 e. The molecule has 19 heavy (non-hydrogen) atoms. The summed E-state index contributed by atoms with van der Waals surface area (Å²) in [6.07, 6.45) is 1.71. The van der Waals surface area contributed by atoms with Gasteiger partial charge in [-0.15, -0.1) is 0 Å². The Kier molecular flexibility index (Phi) is 4.11. The lowest BCUT2D eigenvalue weighted by atomic mass is 10.0. The van der Waals surface area contributed by atoms with Crippen molar-refractivity contribution in [1.29, 1.82) is 0 Å². The molecule has 0 radical (unpaired) electrons. The van der Waals surface area contributed by atoms with E-state index in [0.717, 1.165) is 31.5 Å². The molecule has 0 atom stereocenters. The molecule has 1 aliphatic rings. The normalized spacial score (nSPS) is 16.1. The van der Waals surface area contributed by atoms with E-state index in [0.29, 0.717) is 0 Å². The highest BCUT2D eigenvalue weighted by molar-refractivity contribution is 5.98. The maximum Gasteiger partial charge on any atom is 0.282 e. The molecule has 6 heteroatoms. The number of hydrogen-bond acceptors (Lipinski definition) is 4. The van der Waals surface area contributed by atoms with Crippen LogP contribution in [0.15, 0.2) is 18.2 Å². The van der Waals surface area contributed by atoms with Gasteiger partial charge in [0.25, 0.3) is 11.6 Å². The number of carbonyl (C=O) groups excluding carboxylic acids is 1. The molecule has 0 aliphatic carbocycles. The summed E-state index contributed by atoms with van der Waals surface area (Å²) in [5, 5.41) is 17.1. The number of nitro benzene ring substituents is 1. The highest BCUT2D eigenvalue weighted by Crippen LogP contribution is 2.20. The van der Waals surface area contributed by atoms with Crippen molar-refractivity contribution in [1.82, 2.24) is 10.6 Å². The smallest absolute Gasteiger partial charge is 0.282 e. The van der Waals surface area contributed by atoms with E-state index in [2.05, 4.69) is 10.6 Å². The molecule has 0 bridgehead atoms. The van der Waals surface area contributed by atoms with Crippen LogP contribution >= 0.6 is 0 Å². The van der Waals surface area contributed by atoms with Crippen LogP contribution < -0.4 is 10.6 Å². The molecule has 6 nitrogen and oxygen atoms in total. The molecule has 0 aromatic heterocycles. The number of nitrogens with zero attached hydrogens (tertiary/aromatic N) is 1. The van der Waals surface area contributed by atoms with E-state index >= 15 is 0 Å². The van der Waals surface area contributed by atoms with Gasteiger partial charge in [0.05, 0.1) is 4.92 Å². The average molecular weight is 263 g/mol. The molecule has 1 aromatic carbocycles. The number of hydrogen-bond donors (Lipinski definition) is 2. The third kappa shape index (κ3) is 3.29. The molecular weight excluding hydrogens is 246 g/mol. The van der Waals surface area contributed by atoms with Gasteiger partial charge in [-0.2, -0.15) is 0 Å². The first-order valence-electron chi connectivity index (χ1n) is 6.34. The van der Waals surface area contributed by atoms with E-state index in [4.69, 9.17) is 0 Å². The van der Waals surface area contributed by atoms with E-state index in [1.807, 2.05) is 0 Å². The summed E-state index contributed by atoms with van der Waals surface area (Å²) in [6, 6.07) is 4.75. The molecular formula is C13H17N3O3. The van der Waals surface area contributed by atoms with E-state index < -0.39 is 4.92 Å². The number of nitro groups is 1. The molecule has 0 unspecified atom stereocenters. The number of aryl methyl sites for hydroxylation is 1. The van der Waals surface area contributed by atoms with Crippen molar-refractivity contribution < 1.29 is 9.72 Å². The van der Waals surface area contributed by atoms with Gasteiger partial charge in [0.1, 0.15) is 5.56 Å². The fourth-order valence-corrected chi connectivity index (χ4v) is 2.21. The van der Waals surface area contributed by atoms with Crippen LogP contribution in [0.4, 0.5) is 5.69 Å². The van der Waals surface area contributed by atoms with Gasteiger partial charge in [0.15, 0.2) is 0 Å². The molecule has 102 valence electrons. The van der Waals surface area contributed by atoms with Crippen molar-refractivity contribution in [3.05, 3.63) is 39.4 Å². The van der Waals surface area contributed by atoms with Gasteiger partial charge in [-0.1, -0.05) is 6.07 Å². The topological polar surface area (TPSA) is 84.3 Å². The highest BCUT2D eigenvalue weighted by atomic mass is 16.6. The van der Waals surface area contributed by atoms with Crippen LogP contribution in [-0.2, 0) is 0 Å². The van der Waals surface area contributed by atoms with Gasteiger partial charge in [-0.05, 0) is 44.5 Å². The largest absolute Gasteiger partial charge is 0.349 e. The summed E-state index contributed by atoms with van der Waals surface area (Å²) in [6.45, 7) is 3.49. The highest BCUT2D eigenvalue weighted by Gasteiger charge is 2.23. The van der Waals surface area contributed by atoms with Crippen molar-refractivity contribution in [2.75, 3.05) is 13.1 Å². The zero-order valence-electron chi connectivity index (χ0n) is 10.8. The van der Waals surface area contributed by atoms with Crippen LogP contribution in [0.1, 0.15) is 28.8 Å². The summed E-state index contributed by atoms with van der Waals surface area (Å²) in [5.74, 6) is -0.362. The summed E-state index contributed by atoms with van der Waals surface area (Å²) in [5.41, 5.74) is 0.769. The van der Waals surface area contributed by atoms with Crippen molar-refractivity contribution in [2.24, 2.45) is 0 Å². The Morgan fingerprint density at radius 2 is 2.11 bits per heavy atom. The number of piperidine rings is 1. The Hall–Kier alpha value is -1.95.